The van der Waals surface area contributed by atoms with Crippen molar-refractivity contribution < 1.29 is 4.39 Å². The Morgan fingerprint density at radius 1 is 1.38 bits per heavy atom. The number of halogens is 2. The van der Waals surface area contributed by atoms with Crippen LogP contribution in [0.1, 0.15) is 44.6 Å². The lowest BCUT2D eigenvalue weighted by Crippen LogP contribution is -2.16. The molecule has 1 aromatic rings. The molecule has 16 heavy (non-hydrogen) atoms. The molecule has 2 N–H and O–H groups in total. The largest absolute Gasteiger partial charge is 0.328 e. The molecular formula is C13H19BrFN. The van der Waals surface area contributed by atoms with Gasteiger partial charge in [0, 0.05) is 10.5 Å². The van der Waals surface area contributed by atoms with Crippen LogP contribution >= 0.6 is 15.9 Å². The minimum atomic E-state index is -0.111. The summed E-state index contributed by atoms with van der Waals surface area (Å²) in [6.07, 6.45) is 2.83. The molecule has 2 unspecified atom stereocenters. The predicted octanol–water partition coefficient (Wildman–Crippen LogP) is 4.21. The van der Waals surface area contributed by atoms with Crippen LogP contribution in [0.3, 0.4) is 0 Å². The molecule has 0 amide bonds. The van der Waals surface area contributed by atoms with Gasteiger partial charge in [-0.3, -0.25) is 0 Å². The number of benzene rings is 1. The molecule has 0 fully saturated rings. The Morgan fingerprint density at radius 2 is 2.06 bits per heavy atom. The second kappa shape index (κ2) is 6.36. The summed E-state index contributed by atoms with van der Waals surface area (Å²) in [5.74, 6) is 0.156. The monoisotopic (exact) mass is 287 g/mol. The molecule has 0 saturated carbocycles. The van der Waals surface area contributed by atoms with Gasteiger partial charge in [-0.05, 0) is 55.9 Å². The van der Waals surface area contributed by atoms with Gasteiger partial charge in [0.25, 0.3) is 0 Å². The van der Waals surface area contributed by atoms with E-state index in [2.05, 4.69) is 22.9 Å². The molecule has 1 nitrogen and oxygen atoms in total. The quantitative estimate of drug-likeness (QED) is 0.863. The zero-order chi connectivity index (χ0) is 12.1. The van der Waals surface area contributed by atoms with Crippen LogP contribution in [0.2, 0.25) is 0 Å². The first kappa shape index (κ1) is 13.7. The molecule has 0 bridgehead atoms. The van der Waals surface area contributed by atoms with E-state index in [1.54, 1.807) is 6.07 Å². The van der Waals surface area contributed by atoms with Crippen LogP contribution in [0.5, 0.6) is 0 Å². The summed E-state index contributed by atoms with van der Waals surface area (Å²) in [6, 6.07) is 5.32. The van der Waals surface area contributed by atoms with Gasteiger partial charge in [-0.25, -0.2) is 4.39 Å². The van der Waals surface area contributed by atoms with Crippen LogP contribution < -0.4 is 5.73 Å². The van der Waals surface area contributed by atoms with Crippen molar-refractivity contribution >= 4 is 15.9 Å². The van der Waals surface area contributed by atoms with Gasteiger partial charge >= 0.3 is 0 Å². The lowest BCUT2D eigenvalue weighted by Gasteiger charge is -2.17. The van der Waals surface area contributed by atoms with Crippen molar-refractivity contribution in [3.05, 3.63) is 34.1 Å². The Labute approximate surface area is 105 Å². The van der Waals surface area contributed by atoms with Gasteiger partial charge in [0.1, 0.15) is 5.82 Å². The smallest absolute Gasteiger partial charge is 0.126 e. The third-order valence-electron chi connectivity index (χ3n) is 2.86. The van der Waals surface area contributed by atoms with Crippen LogP contribution in [-0.2, 0) is 0 Å². The number of rotatable bonds is 5. The van der Waals surface area contributed by atoms with Gasteiger partial charge in [0.15, 0.2) is 0 Å². The Bertz CT molecular complexity index is 339. The zero-order valence-electron chi connectivity index (χ0n) is 9.84. The number of nitrogens with two attached hydrogens (primary N) is 1. The molecule has 3 heteroatoms. The third kappa shape index (κ3) is 3.87. The molecule has 0 aliphatic rings. The predicted molar refractivity (Wildman–Crippen MR) is 70.0 cm³/mol. The van der Waals surface area contributed by atoms with E-state index in [-0.39, 0.29) is 17.8 Å². The van der Waals surface area contributed by atoms with Gasteiger partial charge < -0.3 is 5.73 Å². The second-order valence-electron chi connectivity index (χ2n) is 4.33. The molecule has 0 heterocycles. The Morgan fingerprint density at radius 3 is 2.62 bits per heavy atom. The van der Waals surface area contributed by atoms with Crippen molar-refractivity contribution in [3.8, 4) is 0 Å². The van der Waals surface area contributed by atoms with Gasteiger partial charge in [0.05, 0.1) is 0 Å². The lowest BCUT2D eigenvalue weighted by molar-refractivity contribution is 0.505. The average molecular weight is 288 g/mol. The summed E-state index contributed by atoms with van der Waals surface area (Å²) in [6.45, 7) is 4.08. The number of hydrogen-bond donors (Lipinski definition) is 1. The molecule has 0 saturated heterocycles. The fourth-order valence-corrected chi connectivity index (χ4v) is 2.25. The van der Waals surface area contributed by atoms with E-state index in [9.17, 15) is 4.39 Å². The maximum Gasteiger partial charge on any atom is 0.126 e. The standard InChI is InChI=1S/C13H19BrFN/c1-3-10(5-4-9(2)16)12-8-11(14)6-7-13(12)15/h6-10H,3-5,16H2,1-2H3. The van der Waals surface area contributed by atoms with Crippen LogP contribution in [0.4, 0.5) is 4.39 Å². The Balaban J connectivity index is 2.81. The summed E-state index contributed by atoms with van der Waals surface area (Å²) in [7, 11) is 0. The highest BCUT2D eigenvalue weighted by Gasteiger charge is 2.14. The van der Waals surface area contributed by atoms with Crippen molar-refractivity contribution in [1.29, 1.82) is 0 Å². The fourth-order valence-electron chi connectivity index (χ4n) is 1.87. The van der Waals surface area contributed by atoms with E-state index >= 15 is 0 Å². The lowest BCUT2D eigenvalue weighted by atomic mass is 9.90. The third-order valence-corrected chi connectivity index (χ3v) is 3.35. The Kier molecular flexibility index (Phi) is 5.42. The highest BCUT2D eigenvalue weighted by molar-refractivity contribution is 9.10. The van der Waals surface area contributed by atoms with Gasteiger partial charge in [-0.1, -0.05) is 22.9 Å². The topological polar surface area (TPSA) is 26.0 Å². The first-order chi connectivity index (χ1) is 7.54. The average Bonchev–Trinajstić information content (AvgIpc) is 2.23. The summed E-state index contributed by atoms with van der Waals surface area (Å²) in [5.41, 5.74) is 6.54. The van der Waals surface area contributed by atoms with Crippen molar-refractivity contribution in [2.24, 2.45) is 5.73 Å². The first-order valence-electron chi connectivity index (χ1n) is 5.75. The van der Waals surface area contributed by atoms with E-state index in [0.717, 1.165) is 29.3 Å². The van der Waals surface area contributed by atoms with Crippen molar-refractivity contribution in [3.63, 3.8) is 0 Å². The van der Waals surface area contributed by atoms with E-state index in [1.807, 2.05) is 13.0 Å². The normalized spacial score (nSPS) is 14.8. The van der Waals surface area contributed by atoms with E-state index in [4.69, 9.17) is 5.73 Å². The molecule has 90 valence electrons. The Hall–Kier alpha value is -0.410. The summed E-state index contributed by atoms with van der Waals surface area (Å²) < 4.78 is 14.6. The fraction of sp³-hybridized carbons (Fsp3) is 0.538. The van der Waals surface area contributed by atoms with Gasteiger partial charge in [-0.2, -0.15) is 0 Å². The number of hydrogen-bond acceptors (Lipinski definition) is 1. The zero-order valence-corrected chi connectivity index (χ0v) is 11.4. The van der Waals surface area contributed by atoms with Crippen LogP contribution in [0.25, 0.3) is 0 Å². The highest BCUT2D eigenvalue weighted by Crippen LogP contribution is 2.29. The maximum absolute atomic E-state index is 13.7. The van der Waals surface area contributed by atoms with Crippen molar-refractivity contribution in [2.45, 2.75) is 45.1 Å². The van der Waals surface area contributed by atoms with E-state index in [1.165, 1.54) is 6.07 Å². The molecular weight excluding hydrogens is 269 g/mol. The SMILES string of the molecule is CCC(CCC(C)N)c1cc(Br)ccc1F. The molecule has 2 atom stereocenters. The minimum absolute atomic E-state index is 0.111. The molecule has 0 aliphatic carbocycles. The van der Waals surface area contributed by atoms with E-state index in [0.29, 0.717) is 0 Å². The molecule has 1 aromatic carbocycles. The molecule has 0 radical (unpaired) electrons. The van der Waals surface area contributed by atoms with Crippen LogP contribution in [0.15, 0.2) is 22.7 Å². The molecule has 0 spiro atoms. The van der Waals surface area contributed by atoms with E-state index < -0.39 is 0 Å². The molecule has 0 aliphatic heterocycles. The van der Waals surface area contributed by atoms with Crippen molar-refractivity contribution in [2.75, 3.05) is 0 Å². The van der Waals surface area contributed by atoms with Gasteiger partial charge in [-0.15, -0.1) is 0 Å². The summed E-state index contributed by atoms with van der Waals surface area (Å²) in [4.78, 5) is 0. The van der Waals surface area contributed by atoms with Crippen LogP contribution in [-0.4, -0.2) is 6.04 Å². The second-order valence-corrected chi connectivity index (χ2v) is 5.24. The summed E-state index contributed by atoms with van der Waals surface area (Å²) in [5, 5.41) is 0. The molecule has 1 rings (SSSR count). The maximum atomic E-state index is 13.7. The minimum Gasteiger partial charge on any atom is -0.328 e. The highest BCUT2D eigenvalue weighted by atomic mass is 79.9. The van der Waals surface area contributed by atoms with Crippen LogP contribution in [0, 0.1) is 5.82 Å². The molecule has 0 aromatic heterocycles. The van der Waals surface area contributed by atoms with Gasteiger partial charge in [0.2, 0.25) is 0 Å². The first-order valence-corrected chi connectivity index (χ1v) is 6.54. The van der Waals surface area contributed by atoms with Crippen molar-refractivity contribution in [1.82, 2.24) is 0 Å². The summed E-state index contributed by atoms with van der Waals surface area (Å²) >= 11 is 3.38.